The van der Waals surface area contributed by atoms with E-state index in [1.807, 2.05) is 43.3 Å². The summed E-state index contributed by atoms with van der Waals surface area (Å²) in [6, 6.07) is 14.7. The van der Waals surface area contributed by atoms with Gasteiger partial charge >= 0.3 is 5.97 Å². The fourth-order valence-electron chi connectivity index (χ4n) is 6.92. The predicted octanol–water partition coefficient (Wildman–Crippen LogP) is 12.3. The lowest BCUT2D eigenvalue weighted by molar-refractivity contribution is 0.0549. The van der Waals surface area contributed by atoms with Crippen LogP contribution in [0.5, 0.6) is 0 Å². The van der Waals surface area contributed by atoms with Gasteiger partial charge in [-0.3, -0.25) is 0 Å². The van der Waals surface area contributed by atoms with Crippen molar-refractivity contribution in [2.75, 3.05) is 6.61 Å². The van der Waals surface area contributed by atoms with Gasteiger partial charge in [0.15, 0.2) is 0 Å². The van der Waals surface area contributed by atoms with E-state index in [9.17, 15) is 4.79 Å². The second kappa shape index (κ2) is 14.4. The summed E-state index contributed by atoms with van der Waals surface area (Å²) in [5.41, 5.74) is 13.0. The van der Waals surface area contributed by atoms with Gasteiger partial charge in [0.25, 0.3) is 0 Å². The first-order valence-corrected chi connectivity index (χ1v) is 17.1. The molecule has 2 aromatic carbocycles. The average molecular weight is 617 g/mol. The Morgan fingerprint density at radius 3 is 2.11 bits per heavy atom. The van der Waals surface area contributed by atoms with Crippen molar-refractivity contribution in [3.8, 4) is 0 Å². The Morgan fingerprint density at radius 2 is 1.43 bits per heavy atom. The molecular weight excluding hydrogens is 560 g/mol. The first kappa shape index (κ1) is 35.2. The molecule has 0 aromatic heterocycles. The standard InChI is InChI=1S/C44H56O2/c1-31(16-22-38-33(3)15-12-25-42(38,5)6)13-11-14-32(2)24-28-46-41(45)36-19-17-35(18-20-36)29-34(4)37-21-23-39-40(30-37)44(9,10)27-26-43(39,7)8/h11,13-14,16-24,29-30H,12,15,25-28H2,1-10H3. The quantitative estimate of drug-likeness (QED) is 0.159. The normalized spacial score (nSPS) is 19.9. The zero-order valence-electron chi connectivity index (χ0n) is 30.1. The van der Waals surface area contributed by atoms with Gasteiger partial charge in [0.05, 0.1) is 5.56 Å². The van der Waals surface area contributed by atoms with Crippen LogP contribution in [0, 0.1) is 5.41 Å². The number of carbonyl (C=O) groups excluding carboxylic acids is 1. The molecule has 2 aromatic rings. The number of esters is 1. The molecule has 0 bridgehead atoms. The molecule has 0 atom stereocenters. The van der Waals surface area contributed by atoms with Crippen molar-refractivity contribution >= 4 is 17.6 Å². The largest absolute Gasteiger partial charge is 0.458 e. The molecule has 0 fully saturated rings. The van der Waals surface area contributed by atoms with Gasteiger partial charge in [-0.05, 0) is 128 Å². The average Bonchev–Trinajstić information content (AvgIpc) is 2.99. The molecule has 46 heavy (non-hydrogen) atoms. The smallest absolute Gasteiger partial charge is 0.338 e. The lowest BCUT2D eigenvalue weighted by Gasteiger charge is -2.42. The number of carbonyl (C=O) groups is 1. The van der Waals surface area contributed by atoms with E-state index in [4.69, 9.17) is 4.74 Å². The van der Waals surface area contributed by atoms with Crippen LogP contribution in [0.15, 0.2) is 101 Å². The van der Waals surface area contributed by atoms with Crippen molar-refractivity contribution < 1.29 is 9.53 Å². The zero-order chi connectivity index (χ0) is 33.7. The molecule has 0 saturated carbocycles. The summed E-state index contributed by atoms with van der Waals surface area (Å²) in [7, 11) is 0. The van der Waals surface area contributed by atoms with Crippen molar-refractivity contribution in [3.63, 3.8) is 0 Å². The maximum atomic E-state index is 12.7. The van der Waals surface area contributed by atoms with Gasteiger partial charge in [-0.15, -0.1) is 0 Å². The third-order valence-corrected chi connectivity index (χ3v) is 10.2. The minimum atomic E-state index is -0.309. The number of benzene rings is 2. The molecule has 244 valence electrons. The summed E-state index contributed by atoms with van der Waals surface area (Å²) in [5, 5.41) is 0. The van der Waals surface area contributed by atoms with Gasteiger partial charge in [0, 0.05) is 0 Å². The Kier molecular flexibility index (Phi) is 11.0. The second-order valence-corrected chi connectivity index (χ2v) is 15.6. The number of fused-ring (bicyclic) bond motifs is 1. The van der Waals surface area contributed by atoms with Crippen LogP contribution in [-0.2, 0) is 15.6 Å². The summed E-state index contributed by atoms with van der Waals surface area (Å²) >= 11 is 0. The molecule has 4 rings (SSSR count). The van der Waals surface area contributed by atoms with E-state index in [2.05, 4.69) is 111 Å². The molecule has 2 heteroatoms. The lowest BCUT2D eigenvalue weighted by atomic mass is 9.63. The van der Waals surface area contributed by atoms with Gasteiger partial charge < -0.3 is 4.74 Å². The van der Waals surface area contributed by atoms with Crippen molar-refractivity contribution in [2.24, 2.45) is 5.41 Å². The Bertz CT molecular complexity index is 1610. The summed E-state index contributed by atoms with van der Waals surface area (Å²) in [6.07, 6.45) is 21.0. The minimum absolute atomic E-state index is 0.185. The molecule has 0 saturated heterocycles. The van der Waals surface area contributed by atoms with Gasteiger partial charge in [0.1, 0.15) is 6.61 Å². The van der Waals surface area contributed by atoms with E-state index in [-0.39, 0.29) is 28.8 Å². The molecule has 0 amide bonds. The third-order valence-electron chi connectivity index (χ3n) is 10.2. The number of hydrogen-bond donors (Lipinski definition) is 0. The van der Waals surface area contributed by atoms with Gasteiger partial charge in [-0.1, -0.05) is 125 Å². The van der Waals surface area contributed by atoms with E-state index >= 15 is 0 Å². The highest BCUT2D eigenvalue weighted by Gasteiger charge is 2.37. The van der Waals surface area contributed by atoms with Crippen molar-refractivity contribution in [1.82, 2.24) is 0 Å². The van der Waals surface area contributed by atoms with Gasteiger partial charge in [-0.2, -0.15) is 0 Å². The monoisotopic (exact) mass is 616 g/mol. The molecule has 2 aliphatic rings. The number of rotatable bonds is 9. The van der Waals surface area contributed by atoms with E-state index in [0.29, 0.717) is 5.56 Å². The highest BCUT2D eigenvalue weighted by molar-refractivity contribution is 5.90. The van der Waals surface area contributed by atoms with Crippen LogP contribution in [0.1, 0.15) is 134 Å². The first-order valence-electron chi connectivity index (χ1n) is 17.1. The van der Waals surface area contributed by atoms with Crippen LogP contribution in [0.25, 0.3) is 11.6 Å². The third kappa shape index (κ3) is 8.78. The van der Waals surface area contributed by atoms with Crippen LogP contribution in [-0.4, -0.2) is 12.6 Å². The Balaban J connectivity index is 1.31. The molecule has 0 heterocycles. The van der Waals surface area contributed by atoms with Gasteiger partial charge in [-0.25, -0.2) is 4.79 Å². The van der Waals surface area contributed by atoms with Crippen molar-refractivity contribution in [3.05, 3.63) is 129 Å². The highest BCUT2D eigenvalue weighted by Crippen LogP contribution is 2.46. The molecule has 2 nitrogen and oxygen atoms in total. The van der Waals surface area contributed by atoms with Crippen molar-refractivity contribution in [2.45, 2.75) is 112 Å². The fourth-order valence-corrected chi connectivity index (χ4v) is 6.92. The maximum Gasteiger partial charge on any atom is 0.338 e. The van der Waals surface area contributed by atoms with Gasteiger partial charge in [0.2, 0.25) is 0 Å². The Hall–Kier alpha value is -3.65. The molecular formula is C44H56O2. The fraction of sp³-hybridized carbons (Fsp3) is 0.432. The number of allylic oxidation sites excluding steroid dienone is 10. The van der Waals surface area contributed by atoms with Crippen LogP contribution in [0.3, 0.4) is 0 Å². The van der Waals surface area contributed by atoms with E-state index in [1.165, 1.54) is 71.1 Å². The maximum absolute atomic E-state index is 12.7. The Labute approximate surface area is 279 Å². The molecule has 2 aliphatic carbocycles. The van der Waals surface area contributed by atoms with Crippen LogP contribution in [0.4, 0.5) is 0 Å². The molecule has 0 spiro atoms. The number of ether oxygens (including phenoxy) is 1. The van der Waals surface area contributed by atoms with Crippen LogP contribution in [0.2, 0.25) is 0 Å². The predicted molar refractivity (Wildman–Crippen MR) is 198 cm³/mol. The van der Waals surface area contributed by atoms with E-state index in [0.717, 1.165) is 11.1 Å². The summed E-state index contributed by atoms with van der Waals surface area (Å²) < 4.78 is 5.54. The Morgan fingerprint density at radius 1 is 0.783 bits per heavy atom. The first-order chi connectivity index (χ1) is 21.6. The molecule has 0 N–H and O–H groups in total. The molecule has 0 aliphatic heterocycles. The number of hydrogen-bond acceptors (Lipinski definition) is 2. The van der Waals surface area contributed by atoms with E-state index < -0.39 is 0 Å². The molecule has 0 radical (unpaired) electrons. The summed E-state index contributed by atoms with van der Waals surface area (Å²) in [6.45, 7) is 23.0. The summed E-state index contributed by atoms with van der Waals surface area (Å²) in [4.78, 5) is 12.7. The summed E-state index contributed by atoms with van der Waals surface area (Å²) in [5.74, 6) is -0.309. The molecule has 0 unspecified atom stereocenters. The second-order valence-electron chi connectivity index (χ2n) is 15.6. The SMILES string of the molecule is CC(C=CC1=C(C)CCCC1(C)C)=CC=CC(C)=CCOC(=O)c1ccc(C=C(C)c2ccc3c(c2)C(C)(C)CCC3(C)C)cc1. The van der Waals surface area contributed by atoms with Crippen molar-refractivity contribution in [1.29, 1.82) is 0 Å². The minimum Gasteiger partial charge on any atom is -0.458 e. The highest BCUT2D eigenvalue weighted by atomic mass is 16.5. The van der Waals surface area contributed by atoms with Crippen LogP contribution >= 0.6 is 0 Å². The zero-order valence-corrected chi connectivity index (χ0v) is 30.1. The van der Waals surface area contributed by atoms with Crippen LogP contribution < -0.4 is 0 Å². The lowest BCUT2D eigenvalue weighted by Crippen LogP contribution is -2.33. The topological polar surface area (TPSA) is 26.3 Å². The van der Waals surface area contributed by atoms with E-state index in [1.54, 1.807) is 0 Å².